The summed E-state index contributed by atoms with van der Waals surface area (Å²) in [6, 6.07) is 5.03. The molecule has 0 spiro atoms. The lowest BCUT2D eigenvalue weighted by Crippen LogP contribution is -2.24. The van der Waals surface area contributed by atoms with Gasteiger partial charge >= 0.3 is 0 Å². The van der Waals surface area contributed by atoms with Crippen molar-refractivity contribution in [2.24, 2.45) is 0 Å². The summed E-state index contributed by atoms with van der Waals surface area (Å²) in [4.78, 5) is 12.8. The van der Waals surface area contributed by atoms with E-state index in [1.54, 1.807) is 18.2 Å². The van der Waals surface area contributed by atoms with Crippen LogP contribution in [0.4, 0.5) is 11.4 Å². The summed E-state index contributed by atoms with van der Waals surface area (Å²) in [6.45, 7) is 9.78. The van der Waals surface area contributed by atoms with Crippen LogP contribution < -0.4 is 5.32 Å². The zero-order chi connectivity index (χ0) is 14.3. The topological polar surface area (TPSA) is 58.4 Å². The number of benzene rings is 1. The Bertz CT molecular complexity index is 421. The number of anilines is 1. The summed E-state index contributed by atoms with van der Waals surface area (Å²) in [5, 5.41) is 14.1. The number of rotatable bonds is 8. The molecule has 106 valence electrons. The Morgan fingerprint density at radius 3 is 2.58 bits per heavy atom. The summed E-state index contributed by atoms with van der Waals surface area (Å²) >= 11 is 0. The van der Waals surface area contributed by atoms with Crippen molar-refractivity contribution < 1.29 is 4.92 Å². The maximum absolute atomic E-state index is 10.9. The fourth-order valence-electron chi connectivity index (χ4n) is 2.09. The van der Waals surface area contributed by atoms with E-state index in [0.717, 1.165) is 43.9 Å². The van der Waals surface area contributed by atoms with Crippen molar-refractivity contribution in [3.05, 3.63) is 33.9 Å². The first-order valence-electron chi connectivity index (χ1n) is 6.85. The van der Waals surface area contributed by atoms with E-state index in [1.165, 1.54) is 0 Å². The molecule has 0 fully saturated rings. The molecule has 0 heterocycles. The molecule has 19 heavy (non-hydrogen) atoms. The molecule has 1 rings (SSSR count). The van der Waals surface area contributed by atoms with E-state index in [9.17, 15) is 10.1 Å². The van der Waals surface area contributed by atoms with Crippen molar-refractivity contribution in [3.8, 4) is 0 Å². The van der Waals surface area contributed by atoms with E-state index >= 15 is 0 Å². The van der Waals surface area contributed by atoms with Crippen LogP contribution in [0.1, 0.15) is 32.8 Å². The highest BCUT2D eigenvalue weighted by atomic mass is 16.6. The Morgan fingerprint density at radius 1 is 1.32 bits per heavy atom. The van der Waals surface area contributed by atoms with Crippen LogP contribution in [0, 0.1) is 10.1 Å². The van der Waals surface area contributed by atoms with Gasteiger partial charge in [0.25, 0.3) is 5.69 Å². The number of nitrogens with zero attached hydrogens (tertiary/aromatic N) is 2. The number of nitro benzene ring substituents is 1. The Labute approximate surface area is 114 Å². The van der Waals surface area contributed by atoms with Crippen LogP contribution in [-0.2, 0) is 6.54 Å². The molecule has 1 N–H and O–H groups in total. The molecular formula is C14H23N3O2. The molecule has 0 saturated heterocycles. The smallest absolute Gasteiger partial charge is 0.269 e. The van der Waals surface area contributed by atoms with Gasteiger partial charge < -0.3 is 5.32 Å². The SMILES string of the molecule is CCCN(CC)Cc1cc([N+](=O)[O-])ccc1NCC. The van der Waals surface area contributed by atoms with Crippen LogP contribution in [-0.4, -0.2) is 29.5 Å². The van der Waals surface area contributed by atoms with Crippen molar-refractivity contribution >= 4 is 11.4 Å². The van der Waals surface area contributed by atoms with E-state index in [-0.39, 0.29) is 10.6 Å². The van der Waals surface area contributed by atoms with E-state index in [2.05, 4.69) is 24.1 Å². The highest BCUT2D eigenvalue weighted by molar-refractivity contribution is 5.56. The first kappa shape index (κ1) is 15.4. The van der Waals surface area contributed by atoms with Crippen LogP contribution in [0.2, 0.25) is 0 Å². The molecule has 5 heteroatoms. The minimum absolute atomic E-state index is 0.157. The standard InChI is InChI=1S/C14H23N3O2/c1-4-9-16(6-3)11-12-10-13(17(18)19)7-8-14(12)15-5-2/h7-8,10,15H,4-6,9,11H2,1-3H3. The average molecular weight is 265 g/mol. The van der Waals surface area contributed by atoms with Gasteiger partial charge in [0.1, 0.15) is 0 Å². The minimum Gasteiger partial charge on any atom is -0.385 e. The summed E-state index contributed by atoms with van der Waals surface area (Å²) in [5.41, 5.74) is 2.14. The first-order valence-corrected chi connectivity index (χ1v) is 6.85. The molecular weight excluding hydrogens is 242 g/mol. The third-order valence-electron chi connectivity index (χ3n) is 3.05. The molecule has 0 aliphatic heterocycles. The Hall–Kier alpha value is -1.62. The van der Waals surface area contributed by atoms with Gasteiger partial charge in [0.05, 0.1) is 4.92 Å². The van der Waals surface area contributed by atoms with Crippen LogP contribution in [0.3, 0.4) is 0 Å². The molecule has 5 nitrogen and oxygen atoms in total. The third-order valence-corrected chi connectivity index (χ3v) is 3.05. The lowest BCUT2D eigenvalue weighted by Gasteiger charge is -2.21. The summed E-state index contributed by atoms with van der Waals surface area (Å²) in [6.07, 6.45) is 1.08. The van der Waals surface area contributed by atoms with E-state index < -0.39 is 0 Å². The van der Waals surface area contributed by atoms with Gasteiger partial charge in [0.15, 0.2) is 0 Å². The number of non-ortho nitro benzene ring substituents is 1. The van der Waals surface area contributed by atoms with Gasteiger partial charge in [-0.15, -0.1) is 0 Å². The molecule has 0 aliphatic rings. The number of hydrogen-bond donors (Lipinski definition) is 1. The van der Waals surface area contributed by atoms with E-state index in [4.69, 9.17) is 0 Å². The molecule has 1 aromatic carbocycles. The number of nitrogens with one attached hydrogen (secondary N) is 1. The molecule has 0 bridgehead atoms. The van der Waals surface area contributed by atoms with Crippen LogP contribution in [0.5, 0.6) is 0 Å². The quantitative estimate of drug-likeness (QED) is 0.579. The largest absolute Gasteiger partial charge is 0.385 e. The minimum atomic E-state index is -0.338. The first-order chi connectivity index (χ1) is 9.12. The van der Waals surface area contributed by atoms with Gasteiger partial charge in [-0.1, -0.05) is 13.8 Å². The van der Waals surface area contributed by atoms with Crippen LogP contribution in [0.25, 0.3) is 0 Å². The predicted molar refractivity (Wildman–Crippen MR) is 78.5 cm³/mol. The predicted octanol–water partition coefficient (Wildman–Crippen LogP) is 3.26. The highest BCUT2D eigenvalue weighted by Gasteiger charge is 2.12. The average Bonchev–Trinajstić information content (AvgIpc) is 2.40. The summed E-state index contributed by atoms with van der Waals surface area (Å²) in [7, 11) is 0. The van der Waals surface area contributed by atoms with E-state index in [0.29, 0.717) is 0 Å². The monoisotopic (exact) mass is 265 g/mol. The summed E-state index contributed by atoms with van der Waals surface area (Å²) < 4.78 is 0. The second-order valence-electron chi connectivity index (χ2n) is 4.50. The normalized spacial score (nSPS) is 10.7. The lowest BCUT2D eigenvalue weighted by atomic mass is 10.1. The van der Waals surface area contributed by atoms with Gasteiger partial charge in [-0.05, 0) is 38.1 Å². The third kappa shape index (κ3) is 4.52. The molecule has 0 atom stereocenters. The molecule has 0 aliphatic carbocycles. The van der Waals surface area contributed by atoms with Crippen LogP contribution in [0.15, 0.2) is 18.2 Å². The van der Waals surface area contributed by atoms with Gasteiger partial charge in [-0.2, -0.15) is 0 Å². The fraction of sp³-hybridized carbons (Fsp3) is 0.571. The zero-order valence-corrected chi connectivity index (χ0v) is 12.0. The van der Waals surface area contributed by atoms with Crippen molar-refractivity contribution in [2.45, 2.75) is 33.7 Å². The number of nitro groups is 1. The fourth-order valence-corrected chi connectivity index (χ4v) is 2.09. The molecule has 0 saturated carbocycles. The zero-order valence-electron chi connectivity index (χ0n) is 12.0. The lowest BCUT2D eigenvalue weighted by molar-refractivity contribution is -0.384. The van der Waals surface area contributed by atoms with Gasteiger partial charge in [-0.3, -0.25) is 15.0 Å². The number of hydrogen-bond acceptors (Lipinski definition) is 4. The Morgan fingerprint density at radius 2 is 2.05 bits per heavy atom. The van der Waals surface area contributed by atoms with Crippen molar-refractivity contribution in [2.75, 3.05) is 25.0 Å². The second kappa shape index (κ2) is 7.74. The Kier molecular flexibility index (Phi) is 6.29. The highest BCUT2D eigenvalue weighted by Crippen LogP contribution is 2.23. The van der Waals surface area contributed by atoms with Gasteiger partial charge in [-0.25, -0.2) is 0 Å². The maximum atomic E-state index is 10.9. The van der Waals surface area contributed by atoms with Crippen molar-refractivity contribution in [3.63, 3.8) is 0 Å². The van der Waals surface area contributed by atoms with Gasteiger partial charge in [0, 0.05) is 30.9 Å². The second-order valence-corrected chi connectivity index (χ2v) is 4.50. The molecule has 0 aromatic heterocycles. The van der Waals surface area contributed by atoms with Crippen molar-refractivity contribution in [1.82, 2.24) is 4.90 Å². The maximum Gasteiger partial charge on any atom is 0.269 e. The summed E-state index contributed by atoms with van der Waals surface area (Å²) in [5.74, 6) is 0. The Balaban J connectivity index is 2.98. The molecule has 0 unspecified atom stereocenters. The molecule has 0 radical (unpaired) electrons. The van der Waals surface area contributed by atoms with E-state index in [1.807, 2.05) is 6.92 Å². The van der Waals surface area contributed by atoms with Crippen LogP contribution >= 0.6 is 0 Å². The molecule has 0 amide bonds. The van der Waals surface area contributed by atoms with Crippen molar-refractivity contribution in [1.29, 1.82) is 0 Å². The van der Waals surface area contributed by atoms with Gasteiger partial charge in [0.2, 0.25) is 0 Å². The molecule has 1 aromatic rings.